The molecule has 2 nitrogen and oxygen atoms in total. The fourth-order valence-corrected chi connectivity index (χ4v) is 2.16. The van der Waals surface area contributed by atoms with Crippen LogP contribution >= 0.6 is 11.3 Å². The van der Waals surface area contributed by atoms with Crippen molar-refractivity contribution in [1.29, 1.82) is 0 Å². The molecular weight excluding hydrogens is 225 g/mol. The zero-order valence-corrected chi connectivity index (χ0v) is 9.59. The summed E-state index contributed by atoms with van der Waals surface area (Å²) in [6, 6.07) is -1.51. The van der Waals surface area contributed by atoms with Gasteiger partial charge in [0.2, 0.25) is 0 Å². The van der Waals surface area contributed by atoms with Gasteiger partial charge in [0.1, 0.15) is 6.04 Å². The zero-order chi connectivity index (χ0) is 11.6. The molecule has 1 atom stereocenters. The lowest BCUT2D eigenvalue weighted by Gasteiger charge is -2.17. The predicted octanol–water partition coefficient (Wildman–Crippen LogP) is 2.45. The Bertz CT molecular complexity index is 313. The van der Waals surface area contributed by atoms with E-state index in [1.54, 1.807) is 6.92 Å². The van der Waals surface area contributed by atoms with Crippen molar-refractivity contribution in [2.75, 3.05) is 7.05 Å². The number of halogens is 3. The van der Waals surface area contributed by atoms with Crippen LogP contribution in [0.3, 0.4) is 0 Å². The third-order valence-electron chi connectivity index (χ3n) is 2.20. The number of rotatable bonds is 3. The van der Waals surface area contributed by atoms with Gasteiger partial charge in [-0.2, -0.15) is 13.2 Å². The van der Waals surface area contributed by atoms with Crippen molar-refractivity contribution in [3.63, 3.8) is 0 Å². The molecule has 0 aliphatic carbocycles. The first-order valence-electron chi connectivity index (χ1n) is 4.51. The monoisotopic (exact) mass is 238 g/mol. The molecule has 0 spiro atoms. The van der Waals surface area contributed by atoms with Gasteiger partial charge in [-0.05, 0) is 20.9 Å². The lowest BCUT2D eigenvalue weighted by atomic mass is 10.2. The number of aromatic nitrogens is 1. The SMILES string of the molecule is CNC(Cc1nc(C)c(C)s1)C(F)(F)F. The van der Waals surface area contributed by atoms with Crippen LogP contribution in [-0.4, -0.2) is 24.2 Å². The Hall–Kier alpha value is -0.620. The molecule has 0 aromatic carbocycles. The molecule has 1 aromatic heterocycles. The predicted molar refractivity (Wildman–Crippen MR) is 54.2 cm³/mol. The Kier molecular flexibility index (Phi) is 3.72. The summed E-state index contributed by atoms with van der Waals surface area (Å²) >= 11 is 1.32. The average molecular weight is 238 g/mol. The second-order valence-corrected chi connectivity index (χ2v) is 4.62. The van der Waals surface area contributed by atoms with Gasteiger partial charge in [-0.1, -0.05) is 0 Å². The Morgan fingerprint density at radius 2 is 2.00 bits per heavy atom. The number of nitrogens with one attached hydrogen (secondary N) is 1. The van der Waals surface area contributed by atoms with E-state index in [4.69, 9.17) is 0 Å². The summed E-state index contributed by atoms with van der Waals surface area (Å²) in [5.41, 5.74) is 0.812. The van der Waals surface area contributed by atoms with Crippen molar-refractivity contribution in [3.05, 3.63) is 15.6 Å². The fourth-order valence-electron chi connectivity index (χ4n) is 1.18. The first-order valence-corrected chi connectivity index (χ1v) is 5.33. The van der Waals surface area contributed by atoms with Crippen LogP contribution in [0.5, 0.6) is 0 Å². The molecule has 15 heavy (non-hydrogen) atoms. The quantitative estimate of drug-likeness (QED) is 0.875. The van der Waals surface area contributed by atoms with E-state index in [9.17, 15) is 13.2 Å². The molecule has 0 radical (unpaired) electrons. The Labute approximate surface area is 90.5 Å². The molecule has 6 heteroatoms. The maximum absolute atomic E-state index is 12.4. The summed E-state index contributed by atoms with van der Waals surface area (Å²) < 4.78 is 37.3. The number of hydrogen-bond acceptors (Lipinski definition) is 3. The standard InChI is InChI=1S/C9H13F3N2S/c1-5-6(2)15-8(14-5)4-7(13-3)9(10,11)12/h7,13H,4H2,1-3H3. The Balaban J connectivity index is 2.75. The summed E-state index contributed by atoms with van der Waals surface area (Å²) in [5.74, 6) is 0. The lowest BCUT2D eigenvalue weighted by Crippen LogP contribution is -2.41. The van der Waals surface area contributed by atoms with Crippen LogP contribution in [0, 0.1) is 13.8 Å². The number of nitrogens with zero attached hydrogens (tertiary/aromatic N) is 1. The highest BCUT2D eigenvalue weighted by molar-refractivity contribution is 7.11. The van der Waals surface area contributed by atoms with Crippen molar-refractivity contribution < 1.29 is 13.2 Å². The molecule has 1 heterocycles. The molecule has 1 N–H and O–H groups in total. The maximum atomic E-state index is 12.4. The molecule has 1 unspecified atom stereocenters. The van der Waals surface area contributed by atoms with Crippen molar-refractivity contribution >= 4 is 11.3 Å². The van der Waals surface area contributed by atoms with Gasteiger partial charge in [-0.15, -0.1) is 11.3 Å². The van der Waals surface area contributed by atoms with E-state index in [1.165, 1.54) is 18.4 Å². The van der Waals surface area contributed by atoms with E-state index in [-0.39, 0.29) is 6.42 Å². The van der Waals surface area contributed by atoms with Crippen LogP contribution in [0.25, 0.3) is 0 Å². The van der Waals surface area contributed by atoms with Gasteiger partial charge in [0.15, 0.2) is 0 Å². The van der Waals surface area contributed by atoms with Gasteiger partial charge < -0.3 is 5.32 Å². The number of alkyl halides is 3. The first-order chi connectivity index (χ1) is 6.84. The van der Waals surface area contributed by atoms with E-state index < -0.39 is 12.2 Å². The Morgan fingerprint density at radius 3 is 2.33 bits per heavy atom. The molecule has 0 saturated heterocycles. The van der Waals surface area contributed by atoms with E-state index in [1.807, 2.05) is 6.92 Å². The minimum Gasteiger partial charge on any atom is -0.309 e. The smallest absolute Gasteiger partial charge is 0.309 e. The molecule has 86 valence electrons. The highest BCUT2D eigenvalue weighted by Crippen LogP contribution is 2.25. The molecule has 1 rings (SSSR count). The molecule has 0 fully saturated rings. The van der Waals surface area contributed by atoms with E-state index in [0.717, 1.165) is 10.6 Å². The summed E-state index contributed by atoms with van der Waals surface area (Å²) in [4.78, 5) is 5.06. The number of aryl methyl sites for hydroxylation is 2. The summed E-state index contributed by atoms with van der Waals surface area (Å²) in [5, 5.41) is 2.79. The fraction of sp³-hybridized carbons (Fsp3) is 0.667. The van der Waals surface area contributed by atoms with Gasteiger partial charge in [-0.25, -0.2) is 4.98 Å². The third kappa shape index (κ3) is 3.17. The number of hydrogen-bond donors (Lipinski definition) is 1. The molecule has 0 amide bonds. The topological polar surface area (TPSA) is 24.9 Å². The number of thiazole rings is 1. The maximum Gasteiger partial charge on any atom is 0.404 e. The minimum atomic E-state index is -4.22. The van der Waals surface area contributed by atoms with Gasteiger partial charge in [0.05, 0.1) is 10.7 Å². The number of likely N-dealkylation sites (N-methyl/N-ethyl adjacent to an activating group) is 1. The molecule has 1 aromatic rings. The molecule has 0 saturated carbocycles. The van der Waals surface area contributed by atoms with Gasteiger partial charge >= 0.3 is 6.18 Å². The van der Waals surface area contributed by atoms with Crippen LogP contribution < -0.4 is 5.32 Å². The van der Waals surface area contributed by atoms with Gasteiger partial charge in [0, 0.05) is 11.3 Å². The second-order valence-electron chi connectivity index (χ2n) is 3.34. The summed E-state index contributed by atoms with van der Waals surface area (Å²) in [7, 11) is 1.31. The third-order valence-corrected chi connectivity index (χ3v) is 3.29. The van der Waals surface area contributed by atoms with Gasteiger partial charge in [-0.3, -0.25) is 0 Å². The molecule has 0 aliphatic rings. The van der Waals surface area contributed by atoms with Gasteiger partial charge in [0.25, 0.3) is 0 Å². The van der Waals surface area contributed by atoms with Crippen molar-refractivity contribution in [1.82, 2.24) is 10.3 Å². The summed E-state index contributed by atoms with van der Waals surface area (Å²) in [6.07, 6.45) is -4.32. The first kappa shape index (κ1) is 12.4. The minimum absolute atomic E-state index is 0.0979. The largest absolute Gasteiger partial charge is 0.404 e. The van der Waals surface area contributed by atoms with Crippen LogP contribution in [0.1, 0.15) is 15.6 Å². The van der Waals surface area contributed by atoms with Crippen molar-refractivity contribution in [2.24, 2.45) is 0 Å². The van der Waals surface area contributed by atoms with Crippen LogP contribution in [0.15, 0.2) is 0 Å². The molecule has 0 aliphatic heterocycles. The molecular formula is C9H13F3N2S. The van der Waals surface area contributed by atoms with Crippen molar-refractivity contribution in [2.45, 2.75) is 32.5 Å². The normalized spacial score (nSPS) is 14.3. The van der Waals surface area contributed by atoms with Crippen LogP contribution in [-0.2, 0) is 6.42 Å². The second kappa shape index (κ2) is 4.49. The Morgan fingerprint density at radius 1 is 1.40 bits per heavy atom. The van der Waals surface area contributed by atoms with Crippen LogP contribution in [0.4, 0.5) is 13.2 Å². The van der Waals surface area contributed by atoms with E-state index in [0.29, 0.717) is 5.01 Å². The average Bonchev–Trinajstić information content (AvgIpc) is 2.40. The zero-order valence-electron chi connectivity index (χ0n) is 8.77. The highest BCUT2D eigenvalue weighted by Gasteiger charge is 2.38. The highest BCUT2D eigenvalue weighted by atomic mass is 32.1. The lowest BCUT2D eigenvalue weighted by molar-refractivity contribution is -0.154. The molecule has 0 bridgehead atoms. The van der Waals surface area contributed by atoms with E-state index >= 15 is 0 Å². The van der Waals surface area contributed by atoms with E-state index in [2.05, 4.69) is 10.3 Å². The van der Waals surface area contributed by atoms with Crippen LogP contribution in [0.2, 0.25) is 0 Å². The summed E-state index contributed by atoms with van der Waals surface area (Å²) in [6.45, 7) is 3.66. The van der Waals surface area contributed by atoms with Crippen molar-refractivity contribution in [3.8, 4) is 0 Å².